The van der Waals surface area contributed by atoms with Crippen LogP contribution in [0.3, 0.4) is 0 Å². The second-order valence-electron chi connectivity index (χ2n) is 4.28. The van der Waals surface area contributed by atoms with Crippen molar-refractivity contribution in [2.45, 2.75) is 20.0 Å². The number of carbonyl (C=O) groups is 2. The Morgan fingerprint density at radius 1 is 1.37 bits per heavy atom. The molecular formula is C15H14O4. The van der Waals surface area contributed by atoms with E-state index in [2.05, 4.69) is 6.58 Å². The van der Waals surface area contributed by atoms with Gasteiger partial charge >= 0.3 is 11.9 Å². The minimum Gasteiger partial charge on any atom is -0.452 e. The lowest BCUT2D eigenvalue weighted by molar-refractivity contribution is -0.141. The fraction of sp³-hybridized carbons (Fsp3) is 0.200. The molecule has 1 aliphatic rings. The van der Waals surface area contributed by atoms with E-state index in [0.717, 1.165) is 5.56 Å². The van der Waals surface area contributed by atoms with Gasteiger partial charge in [-0.2, -0.15) is 0 Å². The summed E-state index contributed by atoms with van der Waals surface area (Å²) in [5.74, 6) is -1.18. The van der Waals surface area contributed by atoms with Gasteiger partial charge in [0, 0.05) is 5.57 Å². The molecule has 19 heavy (non-hydrogen) atoms. The largest absolute Gasteiger partial charge is 0.452 e. The first-order valence-corrected chi connectivity index (χ1v) is 5.89. The molecule has 0 fully saturated rings. The maximum Gasteiger partial charge on any atom is 0.375 e. The van der Waals surface area contributed by atoms with Crippen molar-refractivity contribution in [3.05, 3.63) is 53.3 Å². The van der Waals surface area contributed by atoms with Crippen molar-refractivity contribution >= 4 is 18.0 Å². The van der Waals surface area contributed by atoms with E-state index in [1.165, 1.54) is 0 Å². The van der Waals surface area contributed by atoms with Gasteiger partial charge in [0.1, 0.15) is 6.10 Å². The third-order valence-electron chi connectivity index (χ3n) is 3.01. The number of rotatable bonds is 3. The minimum absolute atomic E-state index is 0.00898. The first kappa shape index (κ1) is 13.1. The summed E-state index contributed by atoms with van der Waals surface area (Å²) in [6, 6.07) is 6.75. The van der Waals surface area contributed by atoms with Crippen LogP contribution < -0.4 is 0 Å². The molecule has 0 aromatic heterocycles. The highest BCUT2D eigenvalue weighted by molar-refractivity contribution is 5.97. The third kappa shape index (κ3) is 2.57. The lowest BCUT2D eigenvalue weighted by Crippen LogP contribution is -2.10. The normalized spacial score (nSPS) is 18.2. The molecule has 0 radical (unpaired) electrons. The average molecular weight is 258 g/mol. The monoisotopic (exact) mass is 258 g/mol. The lowest BCUT2D eigenvalue weighted by Gasteiger charge is -2.04. The van der Waals surface area contributed by atoms with E-state index in [0.29, 0.717) is 11.1 Å². The predicted molar refractivity (Wildman–Crippen MR) is 70.2 cm³/mol. The van der Waals surface area contributed by atoms with Gasteiger partial charge in [0.05, 0.1) is 5.56 Å². The Morgan fingerprint density at radius 3 is 2.47 bits per heavy atom. The first-order chi connectivity index (χ1) is 9.02. The van der Waals surface area contributed by atoms with E-state index in [1.54, 1.807) is 44.2 Å². The summed E-state index contributed by atoms with van der Waals surface area (Å²) in [7, 11) is 0. The molecule has 0 aliphatic carbocycles. The molecule has 0 spiro atoms. The molecule has 4 heteroatoms. The highest BCUT2D eigenvalue weighted by Gasteiger charge is 2.31. The van der Waals surface area contributed by atoms with E-state index >= 15 is 0 Å². The lowest BCUT2D eigenvalue weighted by atomic mass is 10.1. The van der Waals surface area contributed by atoms with Crippen LogP contribution in [0.1, 0.15) is 29.8 Å². The smallest absolute Gasteiger partial charge is 0.375 e. The summed E-state index contributed by atoms with van der Waals surface area (Å²) < 4.78 is 10.1. The number of hydrogen-bond donors (Lipinski definition) is 0. The molecule has 98 valence electrons. The number of esters is 2. The zero-order chi connectivity index (χ0) is 14.0. The van der Waals surface area contributed by atoms with Gasteiger partial charge in [-0.25, -0.2) is 9.59 Å². The Hall–Kier alpha value is -2.36. The van der Waals surface area contributed by atoms with Crippen molar-refractivity contribution in [1.82, 2.24) is 0 Å². The molecule has 0 bridgehead atoms. The Morgan fingerprint density at radius 2 is 2.00 bits per heavy atom. The minimum atomic E-state index is -0.596. The van der Waals surface area contributed by atoms with E-state index in [-0.39, 0.29) is 11.9 Å². The predicted octanol–water partition coefficient (Wildman–Crippen LogP) is 2.71. The van der Waals surface area contributed by atoms with Crippen molar-refractivity contribution in [3.63, 3.8) is 0 Å². The van der Waals surface area contributed by atoms with Crippen LogP contribution in [0.25, 0.3) is 6.08 Å². The summed E-state index contributed by atoms with van der Waals surface area (Å²) in [5.41, 5.74) is 1.90. The fourth-order valence-electron chi connectivity index (χ4n) is 1.68. The summed E-state index contributed by atoms with van der Waals surface area (Å²) >= 11 is 0. The van der Waals surface area contributed by atoms with Crippen LogP contribution in [0.15, 0.2) is 42.2 Å². The van der Waals surface area contributed by atoms with Crippen LogP contribution in [0.2, 0.25) is 0 Å². The zero-order valence-corrected chi connectivity index (χ0v) is 10.8. The molecule has 0 saturated carbocycles. The molecule has 1 aromatic rings. The van der Waals surface area contributed by atoms with E-state index in [9.17, 15) is 9.59 Å². The van der Waals surface area contributed by atoms with Crippen molar-refractivity contribution in [2.24, 2.45) is 0 Å². The summed E-state index contributed by atoms with van der Waals surface area (Å²) in [5, 5.41) is 0. The average Bonchev–Trinajstić information content (AvgIpc) is 2.65. The van der Waals surface area contributed by atoms with E-state index in [4.69, 9.17) is 9.47 Å². The van der Waals surface area contributed by atoms with Crippen molar-refractivity contribution in [1.29, 1.82) is 0 Å². The highest BCUT2D eigenvalue weighted by Crippen LogP contribution is 2.23. The molecule has 1 aliphatic heterocycles. The van der Waals surface area contributed by atoms with Gasteiger partial charge in [-0.3, -0.25) is 0 Å². The Bertz CT molecular complexity index is 566. The van der Waals surface area contributed by atoms with Crippen molar-refractivity contribution < 1.29 is 19.1 Å². The van der Waals surface area contributed by atoms with Crippen LogP contribution in [-0.2, 0) is 14.3 Å². The van der Waals surface area contributed by atoms with Gasteiger partial charge in [-0.15, -0.1) is 0 Å². The van der Waals surface area contributed by atoms with Crippen LogP contribution >= 0.6 is 0 Å². The van der Waals surface area contributed by atoms with Gasteiger partial charge in [-0.1, -0.05) is 24.8 Å². The molecule has 1 aromatic carbocycles. The molecule has 1 unspecified atom stereocenters. The number of benzene rings is 1. The standard InChI is InChI=1S/C15H14O4/c1-4-11-5-7-12(8-6-11)14(16)19-13-9(2)10(3)18-15(13)17/h4-8,10H,1H2,2-3H3. The van der Waals surface area contributed by atoms with Crippen LogP contribution in [-0.4, -0.2) is 18.0 Å². The van der Waals surface area contributed by atoms with Gasteiger partial charge in [0.15, 0.2) is 0 Å². The Labute approximate surface area is 111 Å². The number of ether oxygens (including phenoxy) is 2. The molecule has 1 atom stereocenters. The molecule has 4 nitrogen and oxygen atoms in total. The van der Waals surface area contributed by atoms with Gasteiger partial charge < -0.3 is 9.47 Å². The molecule has 1 heterocycles. The molecule has 0 N–H and O–H groups in total. The Balaban J connectivity index is 2.17. The molecular weight excluding hydrogens is 244 g/mol. The van der Waals surface area contributed by atoms with Crippen molar-refractivity contribution in [3.8, 4) is 0 Å². The second-order valence-corrected chi connectivity index (χ2v) is 4.28. The topological polar surface area (TPSA) is 52.6 Å². The summed E-state index contributed by atoms with van der Waals surface area (Å²) in [6.45, 7) is 7.07. The third-order valence-corrected chi connectivity index (χ3v) is 3.01. The highest BCUT2D eigenvalue weighted by atomic mass is 16.6. The quantitative estimate of drug-likeness (QED) is 0.782. The number of hydrogen-bond acceptors (Lipinski definition) is 4. The van der Waals surface area contributed by atoms with Crippen molar-refractivity contribution in [2.75, 3.05) is 0 Å². The number of carbonyl (C=O) groups excluding carboxylic acids is 2. The molecule has 2 rings (SSSR count). The number of cyclic esters (lactones) is 1. The molecule has 0 amide bonds. The fourth-order valence-corrected chi connectivity index (χ4v) is 1.68. The van der Waals surface area contributed by atoms with E-state index in [1.807, 2.05) is 0 Å². The van der Waals surface area contributed by atoms with Gasteiger partial charge in [0.2, 0.25) is 5.76 Å². The summed E-state index contributed by atoms with van der Waals surface area (Å²) in [4.78, 5) is 23.4. The maximum absolute atomic E-state index is 11.9. The maximum atomic E-state index is 11.9. The SMILES string of the molecule is C=Cc1ccc(C(=O)OC2=C(C)C(C)OC2=O)cc1. The summed E-state index contributed by atoms with van der Waals surface area (Å²) in [6.07, 6.45) is 1.33. The van der Waals surface area contributed by atoms with E-state index < -0.39 is 11.9 Å². The zero-order valence-electron chi connectivity index (χ0n) is 10.8. The van der Waals surface area contributed by atoms with Crippen LogP contribution in [0.4, 0.5) is 0 Å². The second kappa shape index (κ2) is 5.10. The Kier molecular flexibility index (Phi) is 3.51. The van der Waals surface area contributed by atoms with Crippen LogP contribution in [0.5, 0.6) is 0 Å². The molecule has 0 saturated heterocycles. The first-order valence-electron chi connectivity index (χ1n) is 5.89. The van der Waals surface area contributed by atoms with Gasteiger partial charge in [0.25, 0.3) is 0 Å². The van der Waals surface area contributed by atoms with Crippen LogP contribution in [0, 0.1) is 0 Å². The van der Waals surface area contributed by atoms with Gasteiger partial charge in [-0.05, 0) is 31.5 Å².